The molecule has 3 aromatic heterocycles. The topological polar surface area (TPSA) is 64.3 Å². The maximum atomic E-state index is 13.6. The Hall–Kier alpha value is -3.34. The fraction of sp³-hybridized carbons (Fsp3) is 0.143. The summed E-state index contributed by atoms with van der Waals surface area (Å²) in [4.78, 5) is 8.01. The second kappa shape index (κ2) is 7.66. The standard InChI is InChI=1S/C21H14F5N3O2S/c1-2-32(30,31)18-7-13(12-5-15(22)9-16(23)6-12)10-27-20(18)17-11-29-4-3-14(21(24,25)26)8-19(29)28-17/h3-11H,2H2,1H3. The molecule has 4 rings (SSSR count). The number of halogens is 5. The first-order valence-electron chi connectivity index (χ1n) is 9.23. The second-order valence-corrected chi connectivity index (χ2v) is 9.18. The molecule has 0 bridgehead atoms. The number of rotatable bonds is 4. The highest BCUT2D eigenvalue weighted by Gasteiger charge is 2.31. The van der Waals surface area contributed by atoms with Gasteiger partial charge < -0.3 is 4.40 Å². The number of fused-ring (bicyclic) bond motifs is 1. The van der Waals surface area contributed by atoms with Gasteiger partial charge in [0.25, 0.3) is 0 Å². The van der Waals surface area contributed by atoms with Gasteiger partial charge in [0.15, 0.2) is 9.84 Å². The number of aromatic nitrogens is 3. The lowest BCUT2D eigenvalue weighted by atomic mass is 10.1. The largest absolute Gasteiger partial charge is 0.416 e. The van der Waals surface area contributed by atoms with E-state index < -0.39 is 33.2 Å². The molecule has 0 spiro atoms. The van der Waals surface area contributed by atoms with Crippen LogP contribution < -0.4 is 0 Å². The van der Waals surface area contributed by atoms with Crippen molar-refractivity contribution in [3.63, 3.8) is 0 Å². The van der Waals surface area contributed by atoms with E-state index in [-0.39, 0.29) is 38.8 Å². The van der Waals surface area contributed by atoms with Gasteiger partial charge >= 0.3 is 6.18 Å². The number of hydrogen-bond donors (Lipinski definition) is 0. The van der Waals surface area contributed by atoms with Crippen molar-refractivity contribution in [2.75, 3.05) is 5.75 Å². The van der Waals surface area contributed by atoms with Crippen LogP contribution in [0.4, 0.5) is 22.0 Å². The van der Waals surface area contributed by atoms with Crippen LogP contribution in [0.1, 0.15) is 12.5 Å². The Morgan fingerprint density at radius 2 is 1.69 bits per heavy atom. The minimum absolute atomic E-state index is 0.0355. The summed E-state index contributed by atoms with van der Waals surface area (Å²) in [5.74, 6) is -1.98. The van der Waals surface area contributed by atoms with E-state index in [9.17, 15) is 30.4 Å². The van der Waals surface area contributed by atoms with E-state index in [0.29, 0.717) is 6.07 Å². The Bertz CT molecular complexity index is 1430. The molecule has 0 saturated carbocycles. The number of sulfone groups is 1. The smallest absolute Gasteiger partial charge is 0.306 e. The fourth-order valence-electron chi connectivity index (χ4n) is 3.18. The van der Waals surface area contributed by atoms with Crippen molar-refractivity contribution in [1.82, 2.24) is 14.4 Å². The Morgan fingerprint density at radius 3 is 2.31 bits per heavy atom. The van der Waals surface area contributed by atoms with Crippen LogP contribution in [0, 0.1) is 11.6 Å². The zero-order valence-electron chi connectivity index (χ0n) is 16.4. The van der Waals surface area contributed by atoms with Gasteiger partial charge in [0.2, 0.25) is 0 Å². The van der Waals surface area contributed by atoms with Crippen LogP contribution in [0.3, 0.4) is 0 Å². The molecule has 11 heteroatoms. The van der Waals surface area contributed by atoms with Crippen molar-refractivity contribution in [3.05, 3.63) is 72.2 Å². The number of nitrogens with zero attached hydrogens (tertiary/aromatic N) is 3. The summed E-state index contributed by atoms with van der Waals surface area (Å²) in [7, 11) is -3.88. The number of benzene rings is 1. The monoisotopic (exact) mass is 467 g/mol. The molecule has 32 heavy (non-hydrogen) atoms. The third-order valence-electron chi connectivity index (χ3n) is 4.79. The van der Waals surface area contributed by atoms with Gasteiger partial charge in [-0.1, -0.05) is 6.92 Å². The summed E-state index contributed by atoms with van der Waals surface area (Å²) in [5.41, 5.74) is -0.757. The van der Waals surface area contributed by atoms with Crippen LogP contribution in [0.15, 0.2) is 59.9 Å². The first-order valence-corrected chi connectivity index (χ1v) is 10.9. The number of imidazole rings is 1. The first-order chi connectivity index (χ1) is 15.0. The van der Waals surface area contributed by atoms with Crippen molar-refractivity contribution in [2.45, 2.75) is 18.0 Å². The number of alkyl halides is 3. The van der Waals surface area contributed by atoms with Gasteiger partial charge in [-0.25, -0.2) is 22.2 Å². The summed E-state index contributed by atoms with van der Waals surface area (Å²) in [6, 6.07) is 5.68. The van der Waals surface area contributed by atoms with Crippen molar-refractivity contribution in [2.24, 2.45) is 0 Å². The molecule has 0 aliphatic heterocycles. The molecule has 166 valence electrons. The Kier molecular flexibility index (Phi) is 5.24. The number of hydrogen-bond acceptors (Lipinski definition) is 4. The average molecular weight is 467 g/mol. The highest BCUT2D eigenvalue weighted by atomic mass is 32.2. The van der Waals surface area contributed by atoms with Gasteiger partial charge in [-0.3, -0.25) is 4.98 Å². The lowest BCUT2D eigenvalue weighted by Gasteiger charge is -2.10. The molecule has 0 fully saturated rings. The maximum absolute atomic E-state index is 13.6. The van der Waals surface area contributed by atoms with E-state index in [1.54, 1.807) is 0 Å². The summed E-state index contributed by atoms with van der Waals surface area (Å²) in [5, 5.41) is 0. The van der Waals surface area contributed by atoms with E-state index in [2.05, 4.69) is 9.97 Å². The van der Waals surface area contributed by atoms with Crippen molar-refractivity contribution >= 4 is 15.5 Å². The molecule has 0 amide bonds. The quantitative estimate of drug-likeness (QED) is 0.389. The highest BCUT2D eigenvalue weighted by molar-refractivity contribution is 7.91. The van der Waals surface area contributed by atoms with E-state index in [4.69, 9.17) is 0 Å². The molecule has 1 aromatic carbocycles. The third kappa shape index (κ3) is 4.07. The summed E-state index contributed by atoms with van der Waals surface area (Å²) >= 11 is 0. The van der Waals surface area contributed by atoms with Crippen LogP contribution in [0.25, 0.3) is 28.2 Å². The Labute approximate surface area is 179 Å². The minimum atomic E-state index is -4.56. The average Bonchev–Trinajstić information content (AvgIpc) is 3.15. The molecule has 3 heterocycles. The molecule has 0 N–H and O–H groups in total. The number of pyridine rings is 2. The molecular formula is C21H14F5N3O2S. The SMILES string of the molecule is CCS(=O)(=O)c1cc(-c2cc(F)cc(F)c2)cnc1-c1cn2ccc(C(F)(F)F)cc2n1. The molecule has 0 aliphatic rings. The molecule has 0 radical (unpaired) electrons. The first kappa shape index (κ1) is 21.9. The predicted molar refractivity (Wildman–Crippen MR) is 107 cm³/mol. The van der Waals surface area contributed by atoms with Crippen molar-refractivity contribution in [1.29, 1.82) is 0 Å². The van der Waals surface area contributed by atoms with E-state index in [1.165, 1.54) is 29.8 Å². The molecule has 4 aromatic rings. The van der Waals surface area contributed by atoms with Crippen molar-refractivity contribution in [3.8, 4) is 22.5 Å². The zero-order chi connectivity index (χ0) is 23.3. The molecular weight excluding hydrogens is 453 g/mol. The van der Waals surface area contributed by atoms with Crippen LogP contribution in [0.2, 0.25) is 0 Å². The van der Waals surface area contributed by atoms with Gasteiger partial charge in [-0.2, -0.15) is 13.2 Å². The van der Waals surface area contributed by atoms with Crippen LogP contribution in [-0.2, 0) is 16.0 Å². The Balaban J connectivity index is 1.90. The van der Waals surface area contributed by atoms with Crippen molar-refractivity contribution < 1.29 is 30.4 Å². The molecule has 5 nitrogen and oxygen atoms in total. The van der Waals surface area contributed by atoms with Crippen LogP contribution in [-0.4, -0.2) is 28.5 Å². The molecule has 0 unspecified atom stereocenters. The van der Waals surface area contributed by atoms with Gasteiger partial charge in [0.1, 0.15) is 28.7 Å². The van der Waals surface area contributed by atoms with E-state index >= 15 is 0 Å². The van der Waals surface area contributed by atoms with Gasteiger partial charge in [0.05, 0.1) is 16.2 Å². The zero-order valence-corrected chi connectivity index (χ0v) is 17.2. The summed E-state index contributed by atoms with van der Waals surface area (Å²) in [6.45, 7) is 1.41. The van der Waals surface area contributed by atoms with Crippen LogP contribution >= 0.6 is 0 Å². The predicted octanol–water partition coefficient (Wildman–Crippen LogP) is 5.15. The third-order valence-corrected chi connectivity index (χ3v) is 6.54. The fourth-order valence-corrected chi connectivity index (χ4v) is 4.25. The summed E-state index contributed by atoms with van der Waals surface area (Å²) in [6.07, 6.45) is -0.825. The van der Waals surface area contributed by atoms with Gasteiger partial charge in [0, 0.05) is 30.2 Å². The Morgan fingerprint density at radius 1 is 1.00 bits per heavy atom. The van der Waals surface area contributed by atoms with Crippen LogP contribution in [0.5, 0.6) is 0 Å². The van der Waals surface area contributed by atoms with E-state index in [0.717, 1.165) is 30.5 Å². The minimum Gasteiger partial charge on any atom is -0.306 e. The molecule has 0 atom stereocenters. The lowest BCUT2D eigenvalue weighted by Crippen LogP contribution is -2.07. The lowest BCUT2D eigenvalue weighted by molar-refractivity contribution is -0.137. The van der Waals surface area contributed by atoms with E-state index in [1.807, 2.05) is 0 Å². The molecule has 0 saturated heterocycles. The van der Waals surface area contributed by atoms with Gasteiger partial charge in [-0.15, -0.1) is 0 Å². The van der Waals surface area contributed by atoms with Gasteiger partial charge in [-0.05, 0) is 35.9 Å². The molecule has 0 aliphatic carbocycles. The maximum Gasteiger partial charge on any atom is 0.416 e. The highest BCUT2D eigenvalue weighted by Crippen LogP contribution is 2.33. The normalized spacial score (nSPS) is 12.4. The summed E-state index contributed by atoms with van der Waals surface area (Å²) < 4.78 is 93.0. The second-order valence-electron chi connectivity index (χ2n) is 6.94.